The van der Waals surface area contributed by atoms with Gasteiger partial charge in [0, 0.05) is 17.2 Å². The second kappa shape index (κ2) is 6.61. The third-order valence-corrected chi connectivity index (χ3v) is 2.71. The lowest BCUT2D eigenvalue weighted by Crippen LogP contribution is -2.42. The summed E-state index contributed by atoms with van der Waals surface area (Å²) >= 11 is 0. The lowest BCUT2D eigenvalue weighted by molar-refractivity contribution is -0.0406. The molecule has 0 spiro atoms. The SMILES string of the molecule is [2H]C([2H])([2H])N1CCOC(COc2ccccc2OCC)C1. The van der Waals surface area contributed by atoms with Crippen LogP contribution in [0, 0.1) is 0 Å². The summed E-state index contributed by atoms with van der Waals surface area (Å²) < 4.78 is 39.1. The minimum absolute atomic E-state index is 0.256. The van der Waals surface area contributed by atoms with E-state index in [9.17, 15) is 0 Å². The second-order valence-corrected chi connectivity index (χ2v) is 4.13. The van der Waals surface area contributed by atoms with Gasteiger partial charge in [-0.25, -0.2) is 0 Å². The van der Waals surface area contributed by atoms with Crippen LogP contribution in [-0.2, 0) is 4.74 Å². The molecule has 18 heavy (non-hydrogen) atoms. The average Bonchev–Trinajstić information content (AvgIpc) is 2.46. The maximum absolute atomic E-state index is 7.44. The van der Waals surface area contributed by atoms with Crippen molar-refractivity contribution in [1.82, 2.24) is 4.90 Å². The highest BCUT2D eigenvalue weighted by Crippen LogP contribution is 2.26. The maximum Gasteiger partial charge on any atom is 0.161 e. The van der Waals surface area contributed by atoms with Gasteiger partial charge < -0.3 is 19.1 Å². The molecule has 0 amide bonds. The highest BCUT2D eigenvalue weighted by atomic mass is 16.5. The number of benzene rings is 1. The number of ether oxygens (including phenoxy) is 3. The van der Waals surface area contributed by atoms with E-state index in [0.29, 0.717) is 44.4 Å². The fourth-order valence-electron chi connectivity index (χ4n) is 1.85. The van der Waals surface area contributed by atoms with Gasteiger partial charge in [-0.05, 0) is 26.0 Å². The fraction of sp³-hybridized carbons (Fsp3) is 0.571. The van der Waals surface area contributed by atoms with E-state index in [2.05, 4.69) is 0 Å². The summed E-state index contributed by atoms with van der Waals surface area (Å²) in [6, 6.07) is 7.42. The van der Waals surface area contributed by atoms with E-state index in [1.54, 1.807) is 0 Å². The Balaban J connectivity index is 1.91. The zero-order chi connectivity index (χ0) is 15.3. The number of nitrogens with zero attached hydrogens (tertiary/aromatic N) is 1. The summed E-state index contributed by atoms with van der Waals surface area (Å²) in [7, 11) is 0. The van der Waals surface area contributed by atoms with Crippen LogP contribution in [0.5, 0.6) is 11.5 Å². The molecule has 1 aliphatic heterocycles. The number of rotatable bonds is 5. The van der Waals surface area contributed by atoms with Crippen molar-refractivity contribution >= 4 is 0 Å². The van der Waals surface area contributed by atoms with Crippen molar-refractivity contribution in [1.29, 1.82) is 0 Å². The van der Waals surface area contributed by atoms with Gasteiger partial charge >= 0.3 is 0 Å². The van der Waals surface area contributed by atoms with Crippen LogP contribution >= 0.6 is 0 Å². The van der Waals surface area contributed by atoms with Crippen LogP contribution in [0.3, 0.4) is 0 Å². The number of hydrogen-bond donors (Lipinski definition) is 0. The lowest BCUT2D eigenvalue weighted by atomic mass is 10.3. The van der Waals surface area contributed by atoms with Gasteiger partial charge in [-0.1, -0.05) is 12.1 Å². The summed E-state index contributed by atoms with van der Waals surface area (Å²) in [6.07, 6.45) is -0.256. The Morgan fingerprint density at radius 1 is 1.39 bits per heavy atom. The lowest BCUT2D eigenvalue weighted by Gasteiger charge is -2.29. The first kappa shape index (κ1) is 9.64. The van der Waals surface area contributed by atoms with Crippen LogP contribution in [0.1, 0.15) is 11.0 Å². The normalized spacial score (nSPS) is 23.8. The van der Waals surface area contributed by atoms with Gasteiger partial charge in [0.25, 0.3) is 0 Å². The van der Waals surface area contributed by atoms with E-state index in [1.807, 2.05) is 31.2 Å². The van der Waals surface area contributed by atoms with E-state index in [4.69, 9.17) is 18.3 Å². The summed E-state index contributed by atoms with van der Waals surface area (Å²) in [5, 5.41) is 0. The minimum atomic E-state index is -2.08. The molecule has 0 aromatic heterocycles. The van der Waals surface area contributed by atoms with E-state index in [-0.39, 0.29) is 6.10 Å². The fourth-order valence-corrected chi connectivity index (χ4v) is 1.85. The van der Waals surface area contributed by atoms with Gasteiger partial charge in [0.05, 0.1) is 13.2 Å². The Labute approximate surface area is 113 Å². The topological polar surface area (TPSA) is 30.9 Å². The third kappa shape index (κ3) is 3.62. The Hall–Kier alpha value is -1.26. The zero-order valence-corrected chi connectivity index (χ0v) is 10.6. The van der Waals surface area contributed by atoms with Crippen LogP contribution in [0.25, 0.3) is 0 Å². The Kier molecular flexibility index (Phi) is 3.54. The molecule has 4 heteroatoms. The first-order valence-electron chi connectivity index (χ1n) is 7.72. The summed E-state index contributed by atoms with van der Waals surface area (Å²) in [5.74, 6) is 1.33. The van der Waals surface area contributed by atoms with Gasteiger partial charge in [0.1, 0.15) is 12.7 Å². The zero-order valence-electron chi connectivity index (χ0n) is 13.6. The molecule has 1 unspecified atom stereocenters. The van der Waals surface area contributed by atoms with Crippen molar-refractivity contribution in [2.75, 3.05) is 39.9 Å². The molecule has 1 saturated heterocycles. The van der Waals surface area contributed by atoms with Gasteiger partial charge in [-0.15, -0.1) is 0 Å². The molecule has 0 N–H and O–H groups in total. The highest BCUT2D eigenvalue weighted by molar-refractivity contribution is 5.39. The molecule has 1 fully saturated rings. The molecule has 0 bridgehead atoms. The standard InChI is InChI=1S/C14H21NO3/c1-3-16-13-6-4-5-7-14(13)18-11-12-10-15(2)8-9-17-12/h4-7,12H,3,8-11H2,1-2H3/i2D3. The van der Waals surface area contributed by atoms with Crippen molar-refractivity contribution < 1.29 is 18.3 Å². The van der Waals surface area contributed by atoms with Crippen LogP contribution < -0.4 is 9.47 Å². The highest BCUT2D eigenvalue weighted by Gasteiger charge is 2.18. The van der Waals surface area contributed by atoms with Crippen molar-refractivity contribution in [2.45, 2.75) is 13.0 Å². The van der Waals surface area contributed by atoms with Crippen LogP contribution in [0.2, 0.25) is 0 Å². The van der Waals surface area contributed by atoms with Gasteiger partial charge in [0.15, 0.2) is 11.5 Å². The molecule has 0 radical (unpaired) electrons. The summed E-state index contributed by atoms with van der Waals surface area (Å²) in [6.45, 7) is 1.86. The van der Waals surface area contributed by atoms with Crippen molar-refractivity contribution in [3.63, 3.8) is 0 Å². The molecule has 0 aliphatic carbocycles. The Morgan fingerprint density at radius 2 is 2.17 bits per heavy atom. The third-order valence-electron chi connectivity index (χ3n) is 2.71. The van der Waals surface area contributed by atoms with E-state index in [0.717, 1.165) is 0 Å². The first-order valence-corrected chi connectivity index (χ1v) is 6.22. The molecule has 0 saturated carbocycles. The smallest absolute Gasteiger partial charge is 0.161 e. The predicted octanol–water partition coefficient (Wildman–Crippen LogP) is 1.79. The Bertz CT molecular complexity index is 453. The largest absolute Gasteiger partial charge is 0.490 e. The van der Waals surface area contributed by atoms with E-state index >= 15 is 0 Å². The van der Waals surface area contributed by atoms with Gasteiger partial charge in [0.2, 0.25) is 0 Å². The molecule has 1 aliphatic rings. The molecule has 4 nitrogen and oxygen atoms in total. The number of hydrogen-bond acceptors (Lipinski definition) is 4. The average molecular weight is 254 g/mol. The predicted molar refractivity (Wildman–Crippen MR) is 70.3 cm³/mol. The van der Waals surface area contributed by atoms with Crippen molar-refractivity contribution in [3.8, 4) is 11.5 Å². The van der Waals surface area contributed by atoms with Gasteiger partial charge in [-0.3, -0.25) is 0 Å². The number of morpholine rings is 1. The minimum Gasteiger partial charge on any atom is -0.490 e. The monoisotopic (exact) mass is 254 g/mol. The number of para-hydroxylation sites is 2. The molecule has 1 atom stereocenters. The number of likely N-dealkylation sites (N-methyl/N-ethyl adjacent to an activating group) is 1. The molecule has 1 aromatic rings. The molecule has 2 rings (SSSR count). The quantitative estimate of drug-likeness (QED) is 0.801. The van der Waals surface area contributed by atoms with Crippen LogP contribution in [-0.4, -0.2) is 50.9 Å². The maximum atomic E-state index is 7.44. The van der Waals surface area contributed by atoms with Crippen molar-refractivity contribution in [3.05, 3.63) is 24.3 Å². The van der Waals surface area contributed by atoms with Gasteiger partial charge in [-0.2, -0.15) is 0 Å². The van der Waals surface area contributed by atoms with E-state index < -0.39 is 6.98 Å². The Morgan fingerprint density at radius 3 is 2.89 bits per heavy atom. The van der Waals surface area contributed by atoms with Crippen molar-refractivity contribution in [2.24, 2.45) is 0 Å². The van der Waals surface area contributed by atoms with Crippen LogP contribution in [0.4, 0.5) is 0 Å². The molecule has 1 heterocycles. The first-order chi connectivity index (χ1) is 10.0. The summed E-state index contributed by atoms with van der Waals surface area (Å²) in [5.41, 5.74) is 0. The molecule has 100 valence electrons. The molecular weight excluding hydrogens is 230 g/mol. The summed E-state index contributed by atoms with van der Waals surface area (Å²) in [4.78, 5) is 1.44. The molecular formula is C14H21NO3. The van der Waals surface area contributed by atoms with Crippen LogP contribution in [0.15, 0.2) is 24.3 Å². The second-order valence-electron chi connectivity index (χ2n) is 4.13. The molecule has 1 aromatic carbocycles. The van der Waals surface area contributed by atoms with E-state index in [1.165, 1.54) is 4.90 Å².